The molecule has 8 nitrogen and oxygen atoms in total. The van der Waals surface area contributed by atoms with Crippen LogP contribution >= 0.6 is 0 Å². The highest BCUT2D eigenvalue weighted by molar-refractivity contribution is 6.07. The van der Waals surface area contributed by atoms with Gasteiger partial charge in [0.05, 0.1) is 18.0 Å². The zero-order chi connectivity index (χ0) is 17.4. The summed E-state index contributed by atoms with van der Waals surface area (Å²) in [6, 6.07) is 7.39. The van der Waals surface area contributed by atoms with Crippen molar-refractivity contribution in [3.63, 3.8) is 0 Å². The van der Waals surface area contributed by atoms with E-state index in [1.54, 1.807) is 24.3 Å². The van der Waals surface area contributed by atoms with Gasteiger partial charge in [0, 0.05) is 6.42 Å². The van der Waals surface area contributed by atoms with E-state index in [9.17, 15) is 19.2 Å². The molecule has 1 fully saturated rings. The van der Waals surface area contributed by atoms with Crippen molar-refractivity contribution in [2.24, 2.45) is 0 Å². The number of carbonyl (C=O) groups excluding carboxylic acids is 2. The van der Waals surface area contributed by atoms with Crippen LogP contribution in [0, 0.1) is 0 Å². The number of carboxylic acids is 2. The highest BCUT2D eigenvalue weighted by Gasteiger charge is 2.56. The minimum atomic E-state index is -1.46. The molecular formula is C16H14N2O6. The van der Waals surface area contributed by atoms with Crippen LogP contribution in [0.1, 0.15) is 12.0 Å². The molecule has 8 heteroatoms. The number of aliphatic carboxylic acids is 2. The zero-order valence-electron chi connectivity index (χ0n) is 12.4. The van der Waals surface area contributed by atoms with Crippen LogP contribution in [-0.4, -0.2) is 50.9 Å². The highest BCUT2D eigenvalue weighted by atomic mass is 16.4. The molecule has 1 aromatic rings. The van der Waals surface area contributed by atoms with Gasteiger partial charge in [-0.1, -0.05) is 30.3 Å². The molecule has 1 aromatic carbocycles. The summed E-state index contributed by atoms with van der Waals surface area (Å²) in [5, 5.41) is 20.8. The number of fused-ring (bicyclic) bond motifs is 1. The zero-order valence-corrected chi connectivity index (χ0v) is 12.4. The Balaban J connectivity index is 1.69. The molecule has 0 spiro atoms. The van der Waals surface area contributed by atoms with E-state index in [2.05, 4.69) is 5.32 Å². The number of hydrogen-bond acceptors (Lipinski definition) is 4. The lowest BCUT2D eigenvalue weighted by Gasteiger charge is -2.43. The van der Waals surface area contributed by atoms with Crippen LogP contribution in [0.5, 0.6) is 0 Å². The Morgan fingerprint density at radius 3 is 2.38 bits per heavy atom. The Labute approximate surface area is 136 Å². The average molecular weight is 330 g/mol. The first-order valence-corrected chi connectivity index (χ1v) is 7.26. The molecule has 24 heavy (non-hydrogen) atoms. The van der Waals surface area contributed by atoms with E-state index in [-0.39, 0.29) is 24.3 Å². The van der Waals surface area contributed by atoms with Crippen molar-refractivity contribution < 1.29 is 29.4 Å². The monoisotopic (exact) mass is 330 g/mol. The number of nitrogens with one attached hydrogen (secondary N) is 1. The van der Waals surface area contributed by atoms with Crippen molar-refractivity contribution in [2.45, 2.75) is 24.9 Å². The maximum atomic E-state index is 12.1. The van der Waals surface area contributed by atoms with Crippen LogP contribution < -0.4 is 5.32 Å². The molecule has 2 amide bonds. The topological polar surface area (TPSA) is 124 Å². The van der Waals surface area contributed by atoms with Crippen molar-refractivity contribution in [2.75, 3.05) is 0 Å². The first kappa shape index (κ1) is 15.7. The van der Waals surface area contributed by atoms with Gasteiger partial charge >= 0.3 is 11.9 Å². The summed E-state index contributed by atoms with van der Waals surface area (Å²) in [4.78, 5) is 47.5. The lowest BCUT2D eigenvalue weighted by atomic mass is 9.93. The number of benzene rings is 1. The van der Waals surface area contributed by atoms with E-state index >= 15 is 0 Å². The Hall–Kier alpha value is -3.16. The number of carboxylic acid groups (broad SMARTS) is 2. The number of rotatable bonds is 5. The predicted molar refractivity (Wildman–Crippen MR) is 79.6 cm³/mol. The van der Waals surface area contributed by atoms with Gasteiger partial charge in [-0.25, -0.2) is 9.59 Å². The Kier molecular flexibility index (Phi) is 3.80. The van der Waals surface area contributed by atoms with E-state index < -0.39 is 35.6 Å². The smallest absolute Gasteiger partial charge is 0.353 e. The summed E-state index contributed by atoms with van der Waals surface area (Å²) < 4.78 is 0. The van der Waals surface area contributed by atoms with Gasteiger partial charge in [0.25, 0.3) is 5.91 Å². The molecule has 0 radical (unpaired) electrons. The molecule has 124 valence electrons. The van der Waals surface area contributed by atoms with E-state index in [0.29, 0.717) is 0 Å². The van der Waals surface area contributed by atoms with Gasteiger partial charge in [-0.3, -0.25) is 14.5 Å². The minimum Gasteiger partial charge on any atom is -0.478 e. The molecule has 2 aliphatic heterocycles. The van der Waals surface area contributed by atoms with Crippen LogP contribution in [0.15, 0.2) is 41.6 Å². The van der Waals surface area contributed by atoms with E-state index in [4.69, 9.17) is 10.2 Å². The summed E-state index contributed by atoms with van der Waals surface area (Å²) in [5.74, 6) is -3.81. The molecule has 0 aliphatic carbocycles. The Morgan fingerprint density at radius 1 is 1.12 bits per heavy atom. The van der Waals surface area contributed by atoms with E-state index in [0.717, 1.165) is 10.5 Å². The van der Waals surface area contributed by atoms with E-state index in [1.807, 2.05) is 6.07 Å². The van der Waals surface area contributed by atoms with Crippen molar-refractivity contribution in [1.82, 2.24) is 10.2 Å². The van der Waals surface area contributed by atoms with Crippen molar-refractivity contribution in [3.05, 3.63) is 47.2 Å². The second-order valence-electron chi connectivity index (χ2n) is 5.62. The second-order valence-corrected chi connectivity index (χ2v) is 5.62. The first-order valence-electron chi connectivity index (χ1n) is 7.26. The molecule has 2 aliphatic rings. The van der Waals surface area contributed by atoms with Crippen molar-refractivity contribution >= 4 is 23.8 Å². The molecule has 0 unspecified atom stereocenters. The predicted octanol–water partition coefficient (Wildman–Crippen LogP) is -0.248. The number of carbonyl (C=O) groups is 4. The SMILES string of the molecule is O=C(Cc1ccccc1)N[C@H]1C(=O)N2C(C(=O)O)=C(C(=O)O)C[C@@H]12. The number of β-lactam (4-membered cyclic amide) rings is 1. The van der Waals surface area contributed by atoms with Gasteiger partial charge in [-0.15, -0.1) is 0 Å². The third kappa shape index (κ3) is 2.51. The van der Waals surface area contributed by atoms with Gasteiger partial charge in [0.1, 0.15) is 11.7 Å². The largest absolute Gasteiger partial charge is 0.478 e. The molecule has 1 saturated heterocycles. The van der Waals surface area contributed by atoms with Crippen LogP contribution in [0.4, 0.5) is 0 Å². The first-order chi connectivity index (χ1) is 11.4. The summed E-state index contributed by atoms with van der Waals surface area (Å²) in [6.07, 6.45) is -0.0126. The van der Waals surface area contributed by atoms with Gasteiger partial charge < -0.3 is 15.5 Å². The quantitative estimate of drug-likeness (QED) is 0.640. The van der Waals surface area contributed by atoms with Crippen LogP contribution in [0.3, 0.4) is 0 Å². The van der Waals surface area contributed by atoms with Crippen LogP contribution in [0.25, 0.3) is 0 Å². The third-order valence-corrected chi connectivity index (χ3v) is 4.14. The standard InChI is InChI=1S/C16H14N2O6/c19-11(6-8-4-2-1-3-5-8)17-12-10-7-9(15(21)22)13(16(23)24)18(10)14(12)20/h1-5,10,12H,6-7H2,(H,17,19)(H,21,22)(H,23,24)/t10-,12+/m0/s1. The lowest BCUT2D eigenvalue weighted by molar-refractivity contribution is -0.152. The fourth-order valence-corrected chi connectivity index (χ4v) is 3.07. The number of nitrogens with zero attached hydrogens (tertiary/aromatic N) is 1. The summed E-state index contributed by atoms with van der Waals surface area (Å²) in [6.45, 7) is 0. The van der Waals surface area contributed by atoms with Crippen molar-refractivity contribution in [3.8, 4) is 0 Å². The van der Waals surface area contributed by atoms with Crippen LogP contribution in [0.2, 0.25) is 0 Å². The molecule has 2 heterocycles. The fraction of sp³-hybridized carbons (Fsp3) is 0.250. The summed E-state index contributed by atoms with van der Waals surface area (Å²) in [7, 11) is 0. The van der Waals surface area contributed by atoms with Gasteiger partial charge in [0.15, 0.2) is 0 Å². The highest BCUT2D eigenvalue weighted by Crippen LogP contribution is 2.38. The van der Waals surface area contributed by atoms with E-state index in [1.165, 1.54) is 0 Å². The molecule has 3 N–H and O–H groups in total. The van der Waals surface area contributed by atoms with Gasteiger partial charge in [0.2, 0.25) is 5.91 Å². The summed E-state index contributed by atoms with van der Waals surface area (Å²) in [5.41, 5.74) is -0.0488. The average Bonchev–Trinajstić information content (AvgIpc) is 2.90. The third-order valence-electron chi connectivity index (χ3n) is 4.14. The normalized spacial score (nSPS) is 22.0. The maximum absolute atomic E-state index is 12.1. The Morgan fingerprint density at radius 2 is 1.79 bits per heavy atom. The molecule has 0 saturated carbocycles. The number of amides is 2. The molecule has 0 aromatic heterocycles. The number of hydrogen-bond donors (Lipinski definition) is 3. The van der Waals surface area contributed by atoms with Gasteiger partial charge in [-0.2, -0.15) is 0 Å². The minimum absolute atomic E-state index is 0.0857. The molecule has 2 atom stereocenters. The van der Waals surface area contributed by atoms with Gasteiger partial charge in [-0.05, 0) is 5.56 Å². The molecule has 3 rings (SSSR count). The van der Waals surface area contributed by atoms with Crippen LogP contribution in [-0.2, 0) is 25.6 Å². The summed E-state index contributed by atoms with van der Waals surface area (Å²) >= 11 is 0. The second kappa shape index (κ2) is 5.80. The maximum Gasteiger partial charge on any atom is 0.353 e. The molecular weight excluding hydrogens is 316 g/mol. The lowest BCUT2D eigenvalue weighted by Crippen LogP contribution is -2.68. The Bertz CT molecular complexity index is 770. The fourth-order valence-electron chi connectivity index (χ4n) is 3.07. The molecule has 0 bridgehead atoms. The van der Waals surface area contributed by atoms with Crippen molar-refractivity contribution in [1.29, 1.82) is 0 Å².